The van der Waals surface area contributed by atoms with Crippen LogP contribution in [0.1, 0.15) is 29.8 Å². The first-order valence-electron chi connectivity index (χ1n) is 8.95. The number of benzene rings is 2. The summed E-state index contributed by atoms with van der Waals surface area (Å²) in [7, 11) is -3.67. The average Bonchev–Trinajstić information content (AvgIpc) is 2.67. The number of hydrogen-bond donors (Lipinski definition) is 0. The Morgan fingerprint density at radius 1 is 1.04 bits per heavy atom. The van der Waals surface area contributed by atoms with Gasteiger partial charge < -0.3 is 9.47 Å². The molecule has 152 valence electrons. The molecule has 0 unspecified atom stereocenters. The van der Waals surface area contributed by atoms with Gasteiger partial charge in [0.15, 0.2) is 0 Å². The minimum absolute atomic E-state index is 0.0251. The van der Waals surface area contributed by atoms with Gasteiger partial charge in [0.25, 0.3) is 0 Å². The Labute approximate surface area is 164 Å². The molecule has 0 atom stereocenters. The third kappa shape index (κ3) is 5.30. The normalized spacial score (nSPS) is 11.5. The molecule has 0 spiro atoms. The summed E-state index contributed by atoms with van der Waals surface area (Å²) in [5.41, 5.74) is 0.804. The van der Waals surface area contributed by atoms with Crippen molar-refractivity contribution in [2.45, 2.75) is 25.7 Å². The van der Waals surface area contributed by atoms with Gasteiger partial charge in [-0.3, -0.25) is 0 Å². The Kier molecular flexibility index (Phi) is 7.53. The standard InChI is InChI=1S/C20H24FNO5S/c1-4-22(5-2)28(24,25)18-11-6-15(3)19(14-18)20(23)27-13-12-26-17-9-7-16(21)8-10-17/h6-11,14H,4-5,12-13H2,1-3H3. The van der Waals surface area contributed by atoms with Crippen molar-refractivity contribution in [1.29, 1.82) is 0 Å². The lowest BCUT2D eigenvalue weighted by molar-refractivity contribution is 0.0449. The fourth-order valence-corrected chi connectivity index (χ4v) is 4.08. The second-order valence-electron chi connectivity index (χ2n) is 6.00. The van der Waals surface area contributed by atoms with Crippen LogP contribution in [0.15, 0.2) is 47.4 Å². The monoisotopic (exact) mass is 409 g/mol. The molecule has 8 heteroatoms. The molecule has 2 rings (SSSR count). The van der Waals surface area contributed by atoms with Gasteiger partial charge in [-0.2, -0.15) is 4.31 Å². The summed E-state index contributed by atoms with van der Waals surface area (Å²) in [5.74, 6) is -0.536. The van der Waals surface area contributed by atoms with Gasteiger partial charge >= 0.3 is 5.97 Å². The Morgan fingerprint density at radius 3 is 2.29 bits per heavy atom. The van der Waals surface area contributed by atoms with Crippen molar-refractivity contribution in [1.82, 2.24) is 4.31 Å². The van der Waals surface area contributed by atoms with Crippen molar-refractivity contribution in [2.75, 3.05) is 26.3 Å². The van der Waals surface area contributed by atoms with Gasteiger partial charge in [-0.25, -0.2) is 17.6 Å². The van der Waals surface area contributed by atoms with Crippen molar-refractivity contribution in [3.05, 3.63) is 59.4 Å². The minimum Gasteiger partial charge on any atom is -0.490 e. The summed E-state index contributed by atoms with van der Waals surface area (Å²) in [6.07, 6.45) is 0. The lowest BCUT2D eigenvalue weighted by atomic mass is 10.1. The first-order chi connectivity index (χ1) is 13.3. The zero-order valence-electron chi connectivity index (χ0n) is 16.1. The Hall–Kier alpha value is -2.45. The van der Waals surface area contributed by atoms with Crippen molar-refractivity contribution in [3.8, 4) is 5.75 Å². The predicted molar refractivity (Wildman–Crippen MR) is 103 cm³/mol. The summed E-state index contributed by atoms with van der Waals surface area (Å²) in [6.45, 7) is 5.97. The fraction of sp³-hybridized carbons (Fsp3) is 0.350. The first kappa shape index (κ1) is 21.8. The molecule has 0 fully saturated rings. The van der Waals surface area contributed by atoms with Crippen LogP contribution >= 0.6 is 0 Å². The molecule has 0 heterocycles. The van der Waals surface area contributed by atoms with E-state index in [4.69, 9.17) is 9.47 Å². The predicted octanol–water partition coefficient (Wildman–Crippen LogP) is 3.40. The lowest BCUT2D eigenvalue weighted by Gasteiger charge is -2.19. The number of halogens is 1. The van der Waals surface area contributed by atoms with Crippen LogP contribution in [0.5, 0.6) is 5.75 Å². The van der Waals surface area contributed by atoms with Crippen molar-refractivity contribution < 1.29 is 27.1 Å². The smallest absolute Gasteiger partial charge is 0.338 e. The van der Waals surface area contributed by atoms with Crippen molar-refractivity contribution in [3.63, 3.8) is 0 Å². The van der Waals surface area contributed by atoms with Crippen molar-refractivity contribution >= 4 is 16.0 Å². The van der Waals surface area contributed by atoms with E-state index in [1.54, 1.807) is 26.8 Å². The number of aryl methyl sites for hydroxylation is 1. The van der Waals surface area contributed by atoms with Crippen LogP contribution < -0.4 is 4.74 Å². The van der Waals surface area contributed by atoms with Gasteiger partial charge in [-0.1, -0.05) is 19.9 Å². The molecule has 0 bridgehead atoms. The topological polar surface area (TPSA) is 72.9 Å². The minimum atomic E-state index is -3.67. The number of nitrogens with zero attached hydrogens (tertiary/aromatic N) is 1. The largest absolute Gasteiger partial charge is 0.490 e. The van der Waals surface area contributed by atoms with E-state index < -0.39 is 16.0 Å². The molecule has 0 saturated carbocycles. The number of rotatable bonds is 9. The first-order valence-corrected chi connectivity index (χ1v) is 10.4. The number of carbonyl (C=O) groups is 1. The van der Waals surface area contributed by atoms with Crippen LogP contribution in [0, 0.1) is 12.7 Å². The van der Waals surface area contributed by atoms with Gasteiger partial charge in [0, 0.05) is 13.1 Å². The zero-order chi connectivity index (χ0) is 20.7. The van der Waals surface area contributed by atoms with E-state index >= 15 is 0 Å². The average molecular weight is 409 g/mol. The van der Waals surface area contributed by atoms with Gasteiger partial charge in [0.1, 0.15) is 24.8 Å². The number of sulfonamides is 1. The summed E-state index contributed by atoms with van der Waals surface area (Å²) < 4.78 is 50.0. The van der Waals surface area contributed by atoms with E-state index in [-0.39, 0.29) is 29.5 Å². The summed E-state index contributed by atoms with van der Waals surface area (Å²) in [4.78, 5) is 12.4. The molecule has 0 aromatic heterocycles. The van der Waals surface area contributed by atoms with E-state index in [0.29, 0.717) is 24.4 Å². The SMILES string of the molecule is CCN(CC)S(=O)(=O)c1ccc(C)c(C(=O)OCCOc2ccc(F)cc2)c1. The molecule has 2 aromatic rings. The van der Waals surface area contributed by atoms with Crippen LogP contribution in [-0.4, -0.2) is 45.0 Å². The maximum atomic E-state index is 12.8. The van der Waals surface area contributed by atoms with E-state index in [2.05, 4.69) is 0 Å². The Balaban J connectivity index is 2.03. The summed E-state index contributed by atoms with van der Waals surface area (Å²) >= 11 is 0. The van der Waals surface area contributed by atoms with Crippen LogP contribution in [0.2, 0.25) is 0 Å². The third-order valence-electron chi connectivity index (χ3n) is 4.17. The molecule has 0 saturated heterocycles. The van der Waals surface area contributed by atoms with Crippen LogP contribution in [0.4, 0.5) is 4.39 Å². The summed E-state index contributed by atoms with van der Waals surface area (Å²) in [5, 5.41) is 0. The maximum Gasteiger partial charge on any atom is 0.338 e. The third-order valence-corrected chi connectivity index (χ3v) is 6.22. The molecule has 28 heavy (non-hydrogen) atoms. The van der Waals surface area contributed by atoms with Gasteiger partial charge in [0.05, 0.1) is 10.5 Å². The quantitative estimate of drug-likeness (QED) is 0.469. The number of carbonyl (C=O) groups excluding carboxylic acids is 1. The zero-order valence-corrected chi connectivity index (χ0v) is 17.0. The number of ether oxygens (including phenoxy) is 2. The van der Waals surface area contributed by atoms with Crippen LogP contribution in [0.25, 0.3) is 0 Å². The molecule has 0 amide bonds. The maximum absolute atomic E-state index is 12.8. The van der Waals surface area contributed by atoms with Crippen LogP contribution in [-0.2, 0) is 14.8 Å². The van der Waals surface area contributed by atoms with Gasteiger partial charge in [-0.15, -0.1) is 0 Å². The molecule has 2 aromatic carbocycles. The highest BCUT2D eigenvalue weighted by molar-refractivity contribution is 7.89. The molecule has 0 aliphatic carbocycles. The van der Waals surface area contributed by atoms with E-state index in [0.717, 1.165) is 0 Å². The molecule has 0 N–H and O–H groups in total. The fourth-order valence-electron chi connectivity index (χ4n) is 2.60. The molecular weight excluding hydrogens is 385 g/mol. The van der Waals surface area contributed by atoms with Gasteiger partial charge in [0.2, 0.25) is 10.0 Å². The van der Waals surface area contributed by atoms with E-state index in [1.807, 2.05) is 0 Å². The van der Waals surface area contributed by atoms with Crippen molar-refractivity contribution in [2.24, 2.45) is 0 Å². The second kappa shape index (κ2) is 9.66. The molecule has 0 aliphatic heterocycles. The molecule has 6 nitrogen and oxygen atoms in total. The van der Waals surface area contributed by atoms with E-state index in [1.165, 1.54) is 40.7 Å². The Morgan fingerprint density at radius 2 is 1.68 bits per heavy atom. The highest BCUT2D eigenvalue weighted by Crippen LogP contribution is 2.20. The number of esters is 1. The molecular formula is C20H24FNO5S. The van der Waals surface area contributed by atoms with E-state index in [9.17, 15) is 17.6 Å². The summed E-state index contributed by atoms with van der Waals surface area (Å²) in [6, 6.07) is 9.90. The number of hydrogen-bond acceptors (Lipinski definition) is 5. The lowest BCUT2D eigenvalue weighted by Crippen LogP contribution is -2.30. The highest BCUT2D eigenvalue weighted by atomic mass is 32.2. The molecule has 0 aliphatic rings. The van der Waals surface area contributed by atoms with Gasteiger partial charge in [-0.05, 0) is 48.9 Å². The second-order valence-corrected chi connectivity index (χ2v) is 7.94. The highest BCUT2D eigenvalue weighted by Gasteiger charge is 2.23. The Bertz CT molecular complexity index is 909. The van der Waals surface area contributed by atoms with Crippen LogP contribution in [0.3, 0.4) is 0 Å². The molecule has 0 radical (unpaired) electrons.